The lowest BCUT2D eigenvalue weighted by atomic mass is 9.89. The predicted octanol–water partition coefficient (Wildman–Crippen LogP) is 1.80. The van der Waals surface area contributed by atoms with Crippen LogP contribution in [0.4, 0.5) is 5.82 Å². The molecule has 3 N–H and O–H groups in total. The van der Waals surface area contributed by atoms with Crippen LogP contribution in [0.5, 0.6) is 0 Å². The van der Waals surface area contributed by atoms with Crippen LogP contribution in [0.15, 0.2) is 24.4 Å². The van der Waals surface area contributed by atoms with Crippen molar-refractivity contribution in [2.45, 2.75) is 26.8 Å². The molecule has 0 unspecified atom stereocenters. The molecule has 3 rings (SSSR count). The summed E-state index contributed by atoms with van der Waals surface area (Å²) in [5.41, 5.74) is 9.11. The van der Waals surface area contributed by atoms with Crippen LogP contribution in [-0.4, -0.2) is 21.9 Å². The molecule has 0 aromatic carbocycles. The highest BCUT2D eigenvalue weighted by atomic mass is 16.1. The average Bonchev–Trinajstić information content (AvgIpc) is 2.92. The molecule has 0 saturated heterocycles. The van der Waals surface area contributed by atoms with Gasteiger partial charge in [-0.05, 0) is 35.6 Å². The molecule has 6 heteroatoms. The Labute approximate surface area is 128 Å². The summed E-state index contributed by atoms with van der Waals surface area (Å²) in [4.78, 5) is 26.4. The van der Waals surface area contributed by atoms with Gasteiger partial charge in [0.2, 0.25) is 6.41 Å². The van der Waals surface area contributed by atoms with Crippen LogP contribution < -0.4 is 11.1 Å². The molecule has 6 nitrogen and oxygen atoms in total. The molecular weight excluding hydrogens is 280 g/mol. The van der Waals surface area contributed by atoms with Crippen LogP contribution in [0, 0.1) is 5.41 Å². The van der Waals surface area contributed by atoms with E-state index in [0.717, 1.165) is 29.8 Å². The number of carbonyl (C=O) groups excluding carboxylic acids is 2. The van der Waals surface area contributed by atoms with Gasteiger partial charge in [0.05, 0.1) is 0 Å². The number of hydrogen-bond acceptors (Lipinski definition) is 3. The Balaban J connectivity index is 2.13. The SMILES string of the molecule is CC1(C)Cc2c(-c3ccnc(NC=O)c3)cc(C(N)=O)n2C1. The third kappa shape index (κ3) is 2.36. The van der Waals surface area contributed by atoms with E-state index in [9.17, 15) is 9.59 Å². The van der Waals surface area contributed by atoms with Crippen molar-refractivity contribution < 1.29 is 9.59 Å². The number of nitrogens with one attached hydrogen (secondary N) is 1. The fraction of sp³-hybridized carbons (Fsp3) is 0.312. The third-order valence-corrected chi connectivity index (χ3v) is 3.97. The minimum atomic E-state index is -0.425. The van der Waals surface area contributed by atoms with Gasteiger partial charge in [0.25, 0.3) is 5.91 Å². The van der Waals surface area contributed by atoms with Crippen LogP contribution >= 0.6 is 0 Å². The van der Waals surface area contributed by atoms with Crippen LogP contribution in [-0.2, 0) is 17.8 Å². The molecular formula is C16H18N4O2. The highest BCUT2D eigenvalue weighted by molar-refractivity contribution is 5.94. The standard InChI is InChI=1S/C16H18N4O2/c1-16(2)7-13-11(6-12(15(17)22)20(13)8-16)10-3-4-18-14(5-10)19-9-21/h3-6,9H,7-8H2,1-2H3,(H2,17,22)(H,18,19,21). The van der Waals surface area contributed by atoms with E-state index in [1.807, 2.05) is 16.7 Å². The molecule has 114 valence electrons. The van der Waals surface area contributed by atoms with Gasteiger partial charge in [-0.25, -0.2) is 4.98 Å². The maximum absolute atomic E-state index is 11.7. The lowest BCUT2D eigenvalue weighted by Gasteiger charge is -2.16. The first-order valence-corrected chi connectivity index (χ1v) is 7.10. The van der Waals surface area contributed by atoms with Gasteiger partial charge in [-0.2, -0.15) is 0 Å². The van der Waals surface area contributed by atoms with Crippen molar-refractivity contribution in [3.63, 3.8) is 0 Å². The molecule has 1 aliphatic rings. The maximum Gasteiger partial charge on any atom is 0.265 e. The van der Waals surface area contributed by atoms with E-state index in [1.165, 1.54) is 0 Å². The van der Waals surface area contributed by atoms with Crippen molar-refractivity contribution in [1.82, 2.24) is 9.55 Å². The van der Waals surface area contributed by atoms with Crippen molar-refractivity contribution in [3.05, 3.63) is 35.8 Å². The molecule has 2 aromatic rings. The maximum atomic E-state index is 11.7. The Kier molecular flexibility index (Phi) is 3.24. The fourth-order valence-corrected chi connectivity index (χ4v) is 3.09. The highest BCUT2D eigenvalue weighted by Crippen LogP contribution is 2.40. The van der Waals surface area contributed by atoms with E-state index in [0.29, 0.717) is 17.9 Å². The number of fused-ring (bicyclic) bond motifs is 1. The number of carbonyl (C=O) groups is 2. The van der Waals surface area contributed by atoms with Gasteiger partial charge < -0.3 is 15.6 Å². The van der Waals surface area contributed by atoms with Crippen molar-refractivity contribution >= 4 is 18.1 Å². The van der Waals surface area contributed by atoms with E-state index in [-0.39, 0.29) is 5.41 Å². The molecule has 0 aliphatic carbocycles. The average molecular weight is 298 g/mol. The van der Waals surface area contributed by atoms with E-state index in [1.54, 1.807) is 12.3 Å². The minimum absolute atomic E-state index is 0.0897. The van der Waals surface area contributed by atoms with Crippen LogP contribution in [0.25, 0.3) is 11.1 Å². The zero-order valence-electron chi connectivity index (χ0n) is 12.6. The molecule has 22 heavy (non-hydrogen) atoms. The number of anilines is 1. The zero-order chi connectivity index (χ0) is 15.9. The Morgan fingerprint density at radius 3 is 2.91 bits per heavy atom. The largest absolute Gasteiger partial charge is 0.364 e. The lowest BCUT2D eigenvalue weighted by Crippen LogP contribution is -2.19. The summed E-state index contributed by atoms with van der Waals surface area (Å²) in [6.07, 6.45) is 3.10. The van der Waals surface area contributed by atoms with Crippen LogP contribution in [0.1, 0.15) is 30.0 Å². The number of aromatic nitrogens is 2. The van der Waals surface area contributed by atoms with Gasteiger partial charge in [0, 0.05) is 24.0 Å². The summed E-state index contributed by atoms with van der Waals surface area (Å²) in [5, 5.41) is 2.54. The molecule has 0 spiro atoms. The number of hydrogen-bond donors (Lipinski definition) is 2. The van der Waals surface area contributed by atoms with Crippen molar-refractivity contribution in [3.8, 4) is 11.1 Å². The van der Waals surface area contributed by atoms with Gasteiger partial charge in [0.15, 0.2) is 0 Å². The third-order valence-electron chi connectivity index (χ3n) is 3.97. The smallest absolute Gasteiger partial charge is 0.265 e. The zero-order valence-corrected chi connectivity index (χ0v) is 12.6. The van der Waals surface area contributed by atoms with Crippen molar-refractivity contribution in [2.24, 2.45) is 11.1 Å². The Morgan fingerprint density at radius 1 is 1.45 bits per heavy atom. The van der Waals surface area contributed by atoms with E-state index in [2.05, 4.69) is 24.1 Å². The van der Waals surface area contributed by atoms with Crippen LogP contribution in [0.2, 0.25) is 0 Å². The summed E-state index contributed by atoms with van der Waals surface area (Å²) < 4.78 is 2.00. The summed E-state index contributed by atoms with van der Waals surface area (Å²) in [6, 6.07) is 5.48. The molecule has 2 aromatic heterocycles. The first kappa shape index (κ1) is 14.3. The molecule has 2 amide bonds. The normalized spacial score (nSPS) is 15.4. The van der Waals surface area contributed by atoms with Crippen molar-refractivity contribution in [1.29, 1.82) is 0 Å². The van der Waals surface area contributed by atoms with Gasteiger partial charge in [-0.15, -0.1) is 0 Å². The van der Waals surface area contributed by atoms with Crippen LogP contribution in [0.3, 0.4) is 0 Å². The van der Waals surface area contributed by atoms with E-state index >= 15 is 0 Å². The predicted molar refractivity (Wildman–Crippen MR) is 83.4 cm³/mol. The minimum Gasteiger partial charge on any atom is -0.364 e. The highest BCUT2D eigenvalue weighted by Gasteiger charge is 2.33. The fourth-order valence-electron chi connectivity index (χ4n) is 3.09. The van der Waals surface area contributed by atoms with E-state index in [4.69, 9.17) is 5.73 Å². The summed E-state index contributed by atoms with van der Waals surface area (Å²) in [5.74, 6) is 0.0517. The Hall–Kier alpha value is -2.63. The first-order chi connectivity index (χ1) is 10.4. The molecule has 0 bridgehead atoms. The second kappa shape index (κ2) is 4.98. The number of rotatable bonds is 4. The number of pyridine rings is 1. The summed E-state index contributed by atoms with van der Waals surface area (Å²) >= 11 is 0. The number of nitrogens with two attached hydrogens (primary N) is 1. The molecule has 1 aliphatic heterocycles. The second-order valence-electron chi connectivity index (χ2n) is 6.37. The monoisotopic (exact) mass is 298 g/mol. The topological polar surface area (TPSA) is 90.0 Å². The molecule has 0 atom stereocenters. The Morgan fingerprint density at radius 2 is 2.23 bits per heavy atom. The summed E-state index contributed by atoms with van der Waals surface area (Å²) in [7, 11) is 0. The lowest BCUT2D eigenvalue weighted by molar-refractivity contribution is -0.105. The number of amides is 2. The molecule has 3 heterocycles. The quantitative estimate of drug-likeness (QED) is 0.843. The number of primary amides is 1. The van der Waals surface area contributed by atoms with E-state index < -0.39 is 5.91 Å². The molecule has 0 fully saturated rings. The molecule has 0 radical (unpaired) electrons. The first-order valence-electron chi connectivity index (χ1n) is 7.10. The van der Waals surface area contributed by atoms with Crippen molar-refractivity contribution in [2.75, 3.05) is 5.32 Å². The second-order valence-corrected chi connectivity index (χ2v) is 6.37. The summed E-state index contributed by atoms with van der Waals surface area (Å²) in [6.45, 7) is 5.10. The van der Waals surface area contributed by atoms with Gasteiger partial charge in [0.1, 0.15) is 11.5 Å². The number of nitrogens with zero attached hydrogens (tertiary/aromatic N) is 2. The van der Waals surface area contributed by atoms with Gasteiger partial charge in [-0.1, -0.05) is 13.8 Å². The molecule has 0 saturated carbocycles. The van der Waals surface area contributed by atoms with Gasteiger partial charge >= 0.3 is 0 Å². The van der Waals surface area contributed by atoms with Gasteiger partial charge in [-0.3, -0.25) is 9.59 Å². The Bertz CT molecular complexity index is 762.